The van der Waals surface area contributed by atoms with Crippen LogP contribution in [0, 0.1) is 0 Å². The lowest BCUT2D eigenvalue weighted by molar-refractivity contribution is -0.146. The number of rotatable bonds is 6. The molecule has 0 heterocycles. The number of aliphatic hydroxyl groups excluding tert-OH is 1. The van der Waals surface area contributed by atoms with Crippen LogP contribution in [0.1, 0.15) is 29.2 Å². The van der Waals surface area contributed by atoms with E-state index in [-0.39, 0.29) is 0 Å². The molecular formula is C12H14Br2O3. The Morgan fingerprint density at radius 2 is 2.00 bits per heavy atom. The topological polar surface area (TPSA) is 57.5 Å². The van der Waals surface area contributed by atoms with Crippen molar-refractivity contribution in [3.05, 3.63) is 34.9 Å². The summed E-state index contributed by atoms with van der Waals surface area (Å²) in [6.07, 6.45) is 0.404. The van der Waals surface area contributed by atoms with Gasteiger partial charge in [-0.3, -0.25) is 0 Å². The van der Waals surface area contributed by atoms with Crippen molar-refractivity contribution in [1.29, 1.82) is 0 Å². The molecule has 0 amide bonds. The number of benzene rings is 1. The Morgan fingerprint density at radius 1 is 1.29 bits per heavy atom. The maximum Gasteiger partial charge on any atom is 0.337 e. The van der Waals surface area contributed by atoms with E-state index in [9.17, 15) is 9.90 Å². The van der Waals surface area contributed by atoms with Crippen molar-refractivity contribution >= 4 is 37.8 Å². The normalized spacial score (nSPS) is 12.4. The summed E-state index contributed by atoms with van der Waals surface area (Å²) in [7, 11) is 0. The first kappa shape index (κ1) is 14.7. The molecule has 5 heteroatoms. The summed E-state index contributed by atoms with van der Waals surface area (Å²) in [4.78, 5) is 10.7. The highest BCUT2D eigenvalue weighted by atomic mass is 79.9. The fraction of sp³-hybridized carbons (Fsp3) is 0.417. The van der Waals surface area contributed by atoms with Gasteiger partial charge in [-0.2, -0.15) is 0 Å². The Balaban J connectivity index is 2.99. The van der Waals surface area contributed by atoms with Gasteiger partial charge >= 0.3 is 5.97 Å². The third kappa shape index (κ3) is 4.08. The lowest BCUT2D eigenvalue weighted by atomic mass is 9.99. The third-order valence-corrected chi connectivity index (χ3v) is 3.67. The summed E-state index contributed by atoms with van der Waals surface area (Å²) in [5.74, 6) is -1.22. The van der Waals surface area contributed by atoms with Crippen molar-refractivity contribution < 1.29 is 15.0 Å². The van der Waals surface area contributed by atoms with Crippen molar-refractivity contribution in [2.75, 3.05) is 5.33 Å². The Labute approximate surface area is 117 Å². The zero-order valence-corrected chi connectivity index (χ0v) is 12.4. The van der Waals surface area contributed by atoms with Gasteiger partial charge < -0.3 is 10.2 Å². The van der Waals surface area contributed by atoms with Gasteiger partial charge in [0.1, 0.15) is 0 Å². The molecule has 0 aromatic heterocycles. The Morgan fingerprint density at radius 3 is 2.53 bits per heavy atom. The van der Waals surface area contributed by atoms with Crippen LogP contribution in [0.5, 0.6) is 0 Å². The molecule has 1 atom stereocenters. The van der Waals surface area contributed by atoms with E-state index >= 15 is 0 Å². The average molecular weight is 366 g/mol. The molecule has 0 fully saturated rings. The van der Waals surface area contributed by atoms with Crippen molar-refractivity contribution in [2.45, 2.75) is 24.3 Å². The minimum absolute atomic E-state index is 0.437. The fourth-order valence-electron chi connectivity index (χ4n) is 1.58. The Kier molecular flexibility index (Phi) is 6.16. The van der Waals surface area contributed by atoms with Gasteiger partial charge in [0.2, 0.25) is 0 Å². The van der Waals surface area contributed by atoms with Crippen molar-refractivity contribution in [3.8, 4) is 0 Å². The van der Waals surface area contributed by atoms with Gasteiger partial charge in [0, 0.05) is 10.7 Å². The molecule has 1 unspecified atom stereocenters. The van der Waals surface area contributed by atoms with E-state index in [4.69, 9.17) is 5.11 Å². The highest BCUT2D eigenvalue weighted by molar-refractivity contribution is 9.09. The summed E-state index contributed by atoms with van der Waals surface area (Å²) >= 11 is 6.77. The van der Waals surface area contributed by atoms with Crippen LogP contribution in [-0.2, 0) is 16.5 Å². The van der Waals surface area contributed by atoms with E-state index in [1.807, 2.05) is 6.07 Å². The van der Waals surface area contributed by atoms with Gasteiger partial charge in [0.25, 0.3) is 0 Å². The van der Waals surface area contributed by atoms with Crippen LogP contribution in [0.3, 0.4) is 0 Å². The molecule has 3 nitrogen and oxygen atoms in total. The van der Waals surface area contributed by atoms with E-state index in [2.05, 4.69) is 31.9 Å². The number of carboxylic acid groups (broad SMARTS) is 1. The van der Waals surface area contributed by atoms with Crippen molar-refractivity contribution in [3.63, 3.8) is 0 Å². The van der Waals surface area contributed by atoms with Gasteiger partial charge in [0.05, 0.1) is 0 Å². The first-order valence-electron chi connectivity index (χ1n) is 5.24. The SMILES string of the molecule is O=C(O)C(O)c1ccc(CBr)c(CCCBr)c1. The first-order valence-corrected chi connectivity index (χ1v) is 7.49. The maximum atomic E-state index is 10.7. The van der Waals surface area contributed by atoms with Gasteiger partial charge in [-0.15, -0.1) is 0 Å². The molecule has 0 aliphatic rings. The zero-order chi connectivity index (χ0) is 12.8. The minimum Gasteiger partial charge on any atom is -0.479 e. The summed E-state index contributed by atoms with van der Waals surface area (Å²) < 4.78 is 0. The molecule has 0 aliphatic carbocycles. The van der Waals surface area contributed by atoms with Crippen LogP contribution < -0.4 is 0 Å². The molecular weight excluding hydrogens is 352 g/mol. The molecule has 17 heavy (non-hydrogen) atoms. The fourth-order valence-corrected chi connectivity index (χ4v) is 2.41. The smallest absolute Gasteiger partial charge is 0.337 e. The Bertz CT molecular complexity index is 393. The second-order valence-corrected chi connectivity index (χ2v) is 5.05. The van der Waals surface area contributed by atoms with Crippen LogP contribution in [0.2, 0.25) is 0 Å². The van der Waals surface area contributed by atoms with E-state index in [0.29, 0.717) is 5.56 Å². The van der Waals surface area contributed by atoms with E-state index in [1.54, 1.807) is 12.1 Å². The molecule has 0 spiro atoms. The van der Waals surface area contributed by atoms with E-state index in [1.165, 1.54) is 0 Å². The molecule has 94 valence electrons. The Hall–Kier alpha value is -0.390. The molecule has 0 saturated heterocycles. The molecule has 0 saturated carbocycles. The number of aliphatic hydroxyl groups is 1. The van der Waals surface area contributed by atoms with Crippen LogP contribution >= 0.6 is 31.9 Å². The summed E-state index contributed by atoms with van der Waals surface area (Å²) in [5, 5.41) is 19.9. The van der Waals surface area contributed by atoms with Gasteiger partial charge in [-0.05, 0) is 29.5 Å². The number of aryl methyl sites for hydroxylation is 1. The highest BCUT2D eigenvalue weighted by Gasteiger charge is 2.16. The first-order chi connectivity index (χ1) is 8.10. The number of halogens is 2. The number of alkyl halides is 2. The maximum absolute atomic E-state index is 10.7. The lowest BCUT2D eigenvalue weighted by Gasteiger charge is -2.11. The second kappa shape index (κ2) is 7.13. The predicted octanol–water partition coefficient (Wildman–Crippen LogP) is 3.03. The molecule has 1 aromatic rings. The van der Waals surface area contributed by atoms with Crippen LogP contribution in [0.4, 0.5) is 0 Å². The quantitative estimate of drug-likeness (QED) is 0.762. The molecule has 0 aliphatic heterocycles. The zero-order valence-electron chi connectivity index (χ0n) is 9.20. The summed E-state index contributed by atoms with van der Waals surface area (Å²) in [5.41, 5.74) is 2.65. The highest BCUT2D eigenvalue weighted by Crippen LogP contribution is 2.21. The molecule has 1 rings (SSSR count). The van der Waals surface area contributed by atoms with Gasteiger partial charge in [0.15, 0.2) is 6.10 Å². The standard InChI is InChI=1S/C12H14Br2O3/c13-5-1-2-8-6-9(11(15)12(16)17)3-4-10(8)7-14/h3-4,6,11,15H,1-2,5,7H2,(H,16,17). The van der Waals surface area contributed by atoms with Crippen LogP contribution in [-0.4, -0.2) is 21.5 Å². The second-order valence-electron chi connectivity index (χ2n) is 3.70. The third-order valence-electron chi connectivity index (χ3n) is 2.50. The average Bonchev–Trinajstić information content (AvgIpc) is 2.34. The lowest BCUT2D eigenvalue weighted by Crippen LogP contribution is -2.11. The number of hydrogen-bond acceptors (Lipinski definition) is 2. The van der Waals surface area contributed by atoms with Crippen LogP contribution in [0.25, 0.3) is 0 Å². The monoisotopic (exact) mass is 364 g/mol. The summed E-state index contributed by atoms with van der Waals surface area (Å²) in [6.45, 7) is 0. The van der Waals surface area contributed by atoms with Gasteiger partial charge in [-0.25, -0.2) is 4.79 Å². The largest absolute Gasteiger partial charge is 0.479 e. The number of carboxylic acids is 1. The molecule has 0 bridgehead atoms. The van der Waals surface area contributed by atoms with Crippen molar-refractivity contribution in [2.24, 2.45) is 0 Å². The minimum atomic E-state index is -1.44. The molecule has 2 N–H and O–H groups in total. The number of aliphatic carboxylic acids is 1. The van der Waals surface area contributed by atoms with E-state index < -0.39 is 12.1 Å². The van der Waals surface area contributed by atoms with Crippen molar-refractivity contribution in [1.82, 2.24) is 0 Å². The predicted molar refractivity (Wildman–Crippen MR) is 73.8 cm³/mol. The van der Waals surface area contributed by atoms with Gasteiger partial charge in [-0.1, -0.05) is 50.1 Å². The number of carbonyl (C=O) groups is 1. The van der Waals surface area contributed by atoms with E-state index in [0.717, 1.165) is 34.6 Å². The number of hydrogen-bond donors (Lipinski definition) is 2. The molecule has 0 radical (unpaired) electrons. The molecule has 1 aromatic carbocycles. The summed E-state index contributed by atoms with van der Waals surface area (Å²) in [6, 6.07) is 5.30. The van der Waals surface area contributed by atoms with Crippen LogP contribution in [0.15, 0.2) is 18.2 Å².